The lowest BCUT2D eigenvalue weighted by Crippen LogP contribution is -2.45. The van der Waals surface area contributed by atoms with Crippen LogP contribution in [0.4, 0.5) is 4.79 Å². The van der Waals surface area contributed by atoms with Crippen LogP contribution in [-0.2, 0) is 0 Å². The highest BCUT2D eigenvalue weighted by atomic mass is 16.3. The number of hydrogen-bond acceptors (Lipinski definition) is 3. The molecule has 0 aromatic rings. The predicted octanol–water partition coefficient (Wildman–Crippen LogP) is 2.05. The molecule has 2 fully saturated rings. The molecule has 2 amide bonds. The SMILES string of the molecule is CC1CCCCN1CCCCNC(=O)N1CCC(CO)CC1. The van der Waals surface area contributed by atoms with Crippen molar-refractivity contribution >= 4 is 6.03 Å². The first-order chi connectivity index (χ1) is 10.7. The van der Waals surface area contributed by atoms with Gasteiger partial charge in [-0.2, -0.15) is 0 Å². The quantitative estimate of drug-likeness (QED) is 0.738. The number of carbonyl (C=O) groups excluding carboxylic acids is 1. The van der Waals surface area contributed by atoms with E-state index in [9.17, 15) is 4.79 Å². The van der Waals surface area contributed by atoms with Crippen LogP contribution in [0.3, 0.4) is 0 Å². The maximum absolute atomic E-state index is 12.1. The van der Waals surface area contributed by atoms with Gasteiger partial charge in [-0.3, -0.25) is 0 Å². The molecule has 2 rings (SSSR count). The minimum atomic E-state index is 0.0720. The highest BCUT2D eigenvalue weighted by molar-refractivity contribution is 5.74. The zero-order valence-electron chi connectivity index (χ0n) is 14.1. The van der Waals surface area contributed by atoms with Crippen LogP contribution in [0, 0.1) is 5.92 Å². The zero-order chi connectivity index (χ0) is 15.8. The van der Waals surface area contributed by atoms with Gasteiger partial charge in [0.25, 0.3) is 0 Å². The molecule has 2 aliphatic rings. The Labute approximate surface area is 135 Å². The van der Waals surface area contributed by atoms with Crippen molar-refractivity contribution in [1.29, 1.82) is 0 Å². The molecule has 0 aliphatic carbocycles. The van der Waals surface area contributed by atoms with Crippen LogP contribution in [0.2, 0.25) is 0 Å². The molecule has 5 heteroatoms. The molecule has 0 aromatic heterocycles. The second-order valence-corrected chi connectivity index (χ2v) is 6.93. The number of likely N-dealkylation sites (tertiary alicyclic amines) is 2. The molecule has 5 nitrogen and oxygen atoms in total. The van der Waals surface area contributed by atoms with E-state index in [1.807, 2.05) is 4.90 Å². The van der Waals surface area contributed by atoms with Gasteiger partial charge >= 0.3 is 6.03 Å². The molecule has 0 aromatic carbocycles. The van der Waals surface area contributed by atoms with Gasteiger partial charge in [0, 0.05) is 32.3 Å². The summed E-state index contributed by atoms with van der Waals surface area (Å²) in [5.41, 5.74) is 0. The summed E-state index contributed by atoms with van der Waals surface area (Å²) in [5.74, 6) is 0.385. The summed E-state index contributed by atoms with van der Waals surface area (Å²) in [6, 6.07) is 0.805. The number of rotatable bonds is 6. The van der Waals surface area contributed by atoms with Crippen LogP contribution in [0.1, 0.15) is 51.9 Å². The Morgan fingerprint density at radius 1 is 1.14 bits per heavy atom. The third kappa shape index (κ3) is 5.43. The van der Waals surface area contributed by atoms with Crippen LogP contribution in [0.15, 0.2) is 0 Å². The van der Waals surface area contributed by atoms with Gasteiger partial charge in [-0.1, -0.05) is 6.42 Å². The first kappa shape index (κ1) is 17.5. The van der Waals surface area contributed by atoms with E-state index in [1.54, 1.807) is 0 Å². The number of aliphatic hydroxyl groups excluding tert-OH is 1. The van der Waals surface area contributed by atoms with Gasteiger partial charge in [0.1, 0.15) is 0 Å². The van der Waals surface area contributed by atoms with Crippen LogP contribution >= 0.6 is 0 Å². The second kappa shape index (κ2) is 9.36. The van der Waals surface area contributed by atoms with Crippen LogP contribution in [0.5, 0.6) is 0 Å². The average Bonchev–Trinajstić information content (AvgIpc) is 2.56. The summed E-state index contributed by atoms with van der Waals surface area (Å²) in [6.45, 7) is 7.33. The Balaban J connectivity index is 1.52. The van der Waals surface area contributed by atoms with E-state index in [0.717, 1.165) is 51.4 Å². The van der Waals surface area contributed by atoms with E-state index >= 15 is 0 Å². The maximum atomic E-state index is 12.1. The maximum Gasteiger partial charge on any atom is 0.317 e. The van der Waals surface area contributed by atoms with E-state index in [1.165, 1.54) is 32.4 Å². The van der Waals surface area contributed by atoms with Crippen molar-refractivity contribution in [3.8, 4) is 0 Å². The lowest BCUT2D eigenvalue weighted by molar-refractivity contribution is 0.137. The summed E-state index contributed by atoms with van der Waals surface area (Å²) >= 11 is 0. The smallest absolute Gasteiger partial charge is 0.317 e. The molecule has 22 heavy (non-hydrogen) atoms. The van der Waals surface area contributed by atoms with Crippen molar-refractivity contribution in [3.63, 3.8) is 0 Å². The van der Waals surface area contributed by atoms with E-state index < -0.39 is 0 Å². The molecule has 1 atom stereocenters. The lowest BCUT2D eigenvalue weighted by Gasteiger charge is -2.33. The number of carbonyl (C=O) groups is 1. The minimum absolute atomic E-state index is 0.0720. The molecule has 2 heterocycles. The topological polar surface area (TPSA) is 55.8 Å². The molecule has 1 unspecified atom stereocenters. The second-order valence-electron chi connectivity index (χ2n) is 6.93. The van der Waals surface area contributed by atoms with Crippen molar-refractivity contribution in [1.82, 2.24) is 15.1 Å². The highest BCUT2D eigenvalue weighted by Gasteiger charge is 2.22. The summed E-state index contributed by atoms with van der Waals surface area (Å²) in [4.78, 5) is 16.5. The van der Waals surface area contributed by atoms with E-state index in [-0.39, 0.29) is 12.6 Å². The fraction of sp³-hybridized carbons (Fsp3) is 0.941. The molecular formula is C17H33N3O2. The number of nitrogens with one attached hydrogen (secondary N) is 1. The van der Waals surface area contributed by atoms with Crippen molar-refractivity contribution in [3.05, 3.63) is 0 Å². The molecule has 2 aliphatic heterocycles. The summed E-state index contributed by atoms with van der Waals surface area (Å²) in [5, 5.41) is 12.2. The molecule has 0 saturated carbocycles. The summed E-state index contributed by atoms with van der Waals surface area (Å²) < 4.78 is 0. The largest absolute Gasteiger partial charge is 0.396 e. The van der Waals surface area contributed by atoms with Gasteiger partial charge in [-0.25, -0.2) is 4.79 Å². The predicted molar refractivity (Wildman–Crippen MR) is 88.9 cm³/mol. The van der Waals surface area contributed by atoms with Crippen molar-refractivity contribution in [2.45, 2.75) is 57.9 Å². The molecule has 2 saturated heterocycles. The Morgan fingerprint density at radius 3 is 2.59 bits per heavy atom. The lowest BCUT2D eigenvalue weighted by atomic mass is 9.98. The van der Waals surface area contributed by atoms with Crippen LogP contribution in [-0.4, -0.2) is 66.3 Å². The van der Waals surface area contributed by atoms with Gasteiger partial charge in [0.15, 0.2) is 0 Å². The number of amides is 2. The molecule has 2 N–H and O–H groups in total. The van der Waals surface area contributed by atoms with Gasteiger partial charge in [0.05, 0.1) is 0 Å². The first-order valence-corrected chi connectivity index (χ1v) is 9.08. The summed E-state index contributed by atoms with van der Waals surface area (Å²) in [6.07, 6.45) is 8.12. The van der Waals surface area contributed by atoms with Crippen LogP contribution in [0.25, 0.3) is 0 Å². The van der Waals surface area contributed by atoms with E-state index in [2.05, 4.69) is 17.1 Å². The van der Waals surface area contributed by atoms with E-state index in [4.69, 9.17) is 5.11 Å². The number of nitrogens with zero attached hydrogens (tertiary/aromatic N) is 2. The van der Waals surface area contributed by atoms with E-state index in [0.29, 0.717) is 5.92 Å². The monoisotopic (exact) mass is 311 g/mol. The molecule has 0 bridgehead atoms. The van der Waals surface area contributed by atoms with Crippen molar-refractivity contribution < 1.29 is 9.90 Å². The van der Waals surface area contributed by atoms with Crippen LogP contribution < -0.4 is 5.32 Å². The third-order valence-electron chi connectivity index (χ3n) is 5.25. The normalized spacial score (nSPS) is 24.5. The summed E-state index contributed by atoms with van der Waals surface area (Å²) in [7, 11) is 0. The molecular weight excluding hydrogens is 278 g/mol. The number of hydrogen-bond donors (Lipinski definition) is 2. The van der Waals surface area contributed by atoms with Gasteiger partial charge in [0.2, 0.25) is 0 Å². The van der Waals surface area contributed by atoms with Crippen molar-refractivity contribution in [2.24, 2.45) is 5.92 Å². The Bertz CT molecular complexity index is 330. The fourth-order valence-corrected chi connectivity index (χ4v) is 3.56. The Morgan fingerprint density at radius 2 is 1.91 bits per heavy atom. The van der Waals surface area contributed by atoms with Gasteiger partial charge in [-0.15, -0.1) is 0 Å². The Hall–Kier alpha value is -0.810. The minimum Gasteiger partial charge on any atom is -0.396 e. The third-order valence-corrected chi connectivity index (χ3v) is 5.25. The number of unbranched alkanes of at least 4 members (excludes halogenated alkanes) is 1. The van der Waals surface area contributed by atoms with Crippen molar-refractivity contribution in [2.75, 3.05) is 39.3 Å². The van der Waals surface area contributed by atoms with Gasteiger partial charge in [-0.05, 0) is 64.5 Å². The standard InChI is InChI=1S/C17H33N3O2/c1-15-6-2-4-10-19(15)11-5-3-9-18-17(22)20-12-7-16(14-21)8-13-20/h15-16,21H,2-14H2,1H3,(H,18,22). The van der Waals surface area contributed by atoms with Gasteiger partial charge < -0.3 is 20.2 Å². The highest BCUT2D eigenvalue weighted by Crippen LogP contribution is 2.17. The molecule has 0 spiro atoms. The average molecular weight is 311 g/mol. The Kier molecular flexibility index (Phi) is 7.46. The number of urea groups is 1. The number of piperidine rings is 2. The molecule has 0 radical (unpaired) electrons. The molecule has 128 valence electrons. The zero-order valence-corrected chi connectivity index (χ0v) is 14.1. The number of aliphatic hydroxyl groups is 1. The first-order valence-electron chi connectivity index (χ1n) is 9.08. The fourth-order valence-electron chi connectivity index (χ4n) is 3.56.